The molecule has 0 saturated carbocycles. The van der Waals surface area contributed by atoms with Crippen LogP contribution in [0.2, 0.25) is 0 Å². The van der Waals surface area contributed by atoms with Crippen LogP contribution in [0.4, 0.5) is 10.2 Å². The zero-order valence-corrected chi connectivity index (χ0v) is 22.2. The first-order valence-corrected chi connectivity index (χ1v) is 13.6. The number of halogens is 1. The van der Waals surface area contributed by atoms with Gasteiger partial charge < -0.3 is 29.4 Å². The van der Waals surface area contributed by atoms with Crippen molar-refractivity contribution in [1.29, 1.82) is 0 Å². The van der Waals surface area contributed by atoms with Gasteiger partial charge in [-0.1, -0.05) is 18.2 Å². The second-order valence-corrected chi connectivity index (χ2v) is 10.8. The molecule has 1 saturated heterocycles. The Bertz CT molecular complexity index is 1320. The van der Waals surface area contributed by atoms with Crippen molar-refractivity contribution in [2.24, 2.45) is 0 Å². The van der Waals surface area contributed by atoms with Crippen LogP contribution < -0.4 is 15.3 Å². The number of esters is 1. The molecule has 2 unspecified atom stereocenters. The van der Waals surface area contributed by atoms with E-state index in [0.29, 0.717) is 16.9 Å². The first-order valence-electron chi connectivity index (χ1n) is 12.0. The maximum absolute atomic E-state index is 15.2. The van der Waals surface area contributed by atoms with Crippen LogP contribution in [0.5, 0.6) is 5.75 Å². The Morgan fingerprint density at radius 1 is 1.26 bits per heavy atom. The number of nitrogen functional groups attached to an aromatic ring is 1. The lowest BCUT2D eigenvalue weighted by Crippen LogP contribution is -2.37. The van der Waals surface area contributed by atoms with Crippen LogP contribution in [0, 0.1) is 6.92 Å². The summed E-state index contributed by atoms with van der Waals surface area (Å²) in [6.07, 6.45) is -4.82. The number of carbonyl (C=O) groups is 1. The number of nitrogens with zero attached hydrogens (tertiary/aromatic N) is 3. The third kappa shape index (κ3) is 6.13. The van der Waals surface area contributed by atoms with Crippen molar-refractivity contribution in [3.05, 3.63) is 48.4 Å². The van der Waals surface area contributed by atoms with Gasteiger partial charge in [-0.05, 0) is 45.9 Å². The number of aromatic nitrogens is 3. The molecule has 0 radical (unpaired) electrons. The summed E-state index contributed by atoms with van der Waals surface area (Å²) < 4.78 is 52.4. The van der Waals surface area contributed by atoms with Gasteiger partial charge in [0.15, 0.2) is 12.4 Å². The van der Waals surface area contributed by atoms with E-state index in [2.05, 4.69) is 15.1 Å². The highest BCUT2D eigenvalue weighted by molar-refractivity contribution is 7.52. The van der Waals surface area contributed by atoms with Crippen LogP contribution in [0.1, 0.15) is 32.8 Å². The Kier molecular flexibility index (Phi) is 8.34. The number of anilines is 1. The van der Waals surface area contributed by atoms with Gasteiger partial charge >= 0.3 is 13.7 Å². The van der Waals surface area contributed by atoms with Gasteiger partial charge in [0.05, 0.1) is 18.1 Å². The number of para-hydroxylation sites is 1. The number of rotatable bonds is 10. The summed E-state index contributed by atoms with van der Waals surface area (Å²) in [4.78, 5) is 20.7. The van der Waals surface area contributed by atoms with Crippen LogP contribution in [-0.4, -0.2) is 62.7 Å². The highest BCUT2D eigenvalue weighted by atomic mass is 31.2. The van der Waals surface area contributed by atoms with E-state index < -0.39 is 57.1 Å². The molecular formula is C24H31FN5O7P. The monoisotopic (exact) mass is 551 g/mol. The Morgan fingerprint density at radius 2 is 1.97 bits per heavy atom. The molecule has 206 valence electrons. The highest BCUT2D eigenvalue weighted by Crippen LogP contribution is 2.46. The lowest BCUT2D eigenvalue weighted by molar-refractivity contribution is -0.149. The molecule has 0 amide bonds. The summed E-state index contributed by atoms with van der Waals surface area (Å²) in [6, 6.07) is 8.73. The lowest BCUT2D eigenvalue weighted by Gasteiger charge is -2.25. The molecule has 1 aromatic carbocycles. The Labute approximate surface area is 218 Å². The number of hydrogen-bond acceptors (Lipinski definition) is 10. The SMILES string of the molecule is Cc1nc(N)c2ccn([C@@H]3O[C@H](COP(=O)(N[C@@H](C)C(=O)OC(C)C)Oc4ccccc4)C(O)[C@H]3F)c2n1. The zero-order valence-electron chi connectivity index (χ0n) is 21.4. The summed E-state index contributed by atoms with van der Waals surface area (Å²) in [6.45, 7) is 5.93. The molecule has 2 aromatic heterocycles. The number of ether oxygens (including phenoxy) is 2. The van der Waals surface area contributed by atoms with Crippen molar-refractivity contribution in [1.82, 2.24) is 19.6 Å². The molecule has 0 spiro atoms. The summed E-state index contributed by atoms with van der Waals surface area (Å²) in [5.74, 6) is 0.153. The number of carbonyl (C=O) groups excluding carboxylic acids is 1. The fraction of sp³-hybridized carbons (Fsp3) is 0.458. The summed E-state index contributed by atoms with van der Waals surface area (Å²) in [7, 11) is -4.23. The Balaban J connectivity index is 1.51. The lowest BCUT2D eigenvalue weighted by atomic mass is 10.1. The van der Waals surface area contributed by atoms with Crippen molar-refractivity contribution in [3.8, 4) is 5.75 Å². The molecule has 14 heteroatoms. The van der Waals surface area contributed by atoms with E-state index in [1.165, 1.54) is 17.7 Å². The number of nitrogens with one attached hydrogen (secondary N) is 1. The first-order chi connectivity index (χ1) is 18.0. The maximum atomic E-state index is 15.2. The van der Waals surface area contributed by atoms with E-state index in [1.807, 2.05) is 0 Å². The Hall–Kier alpha value is -3.09. The summed E-state index contributed by atoms with van der Waals surface area (Å²) in [5.41, 5.74) is 6.29. The van der Waals surface area contributed by atoms with Gasteiger partial charge in [-0.25, -0.2) is 18.9 Å². The summed E-state index contributed by atoms with van der Waals surface area (Å²) >= 11 is 0. The zero-order chi connectivity index (χ0) is 27.6. The highest BCUT2D eigenvalue weighted by Gasteiger charge is 2.47. The van der Waals surface area contributed by atoms with E-state index in [1.54, 1.807) is 57.2 Å². The van der Waals surface area contributed by atoms with Crippen molar-refractivity contribution >= 4 is 30.6 Å². The number of benzene rings is 1. The number of aliphatic hydroxyl groups excluding tert-OH is 1. The molecule has 38 heavy (non-hydrogen) atoms. The average Bonchev–Trinajstić information content (AvgIpc) is 3.39. The number of aliphatic hydroxyl groups is 1. The largest absolute Gasteiger partial charge is 0.462 e. The minimum atomic E-state index is -4.23. The van der Waals surface area contributed by atoms with Crippen molar-refractivity contribution in [2.75, 3.05) is 12.3 Å². The molecule has 0 aliphatic carbocycles. The number of aryl methyl sites for hydroxylation is 1. The summed E-state index contributed by atoms with van der Waals surface area (Å²) in [5, 5.41) is 13.6. The van der Waals surface area contributed by atoms with Crippen LogP contribution in [0.15, 0.2) is 42.6 Å². The second kappa shape index (κ2) is 11.3. The predicted octanol–water partition coefficient (Wildman–Crippen LogP) is 3.05. The minimum Gasteiger partial charge on any atom is -0.462 e. The van der Waals surface area contributed by atoms with E-state index in [9.17, 15) is 14.5 Å². The average molecular weight is 552 g/mol. The fourth-order valence-electron chi connectivity index (χ4n) is 3.95. The molecule has 3 heterocycles. The molecule has 1 aliphatic heterocycles. The van der Waals surface area contributed by atoms with Gasteiger partial charge in [-0.3, -0.25) is 9.32 Å². The van der Waals surface area contributed by atoms with Gasteiger partial charge in [0.25, 0.3) is 0 Å². The van der Waals surface area contributed by atoms with Crippen LogP contribution in [0.25, 0.3) is 11.0 Å². The number of nitrogens with two attached hydrogens (primary N) is 1. The van der Waals surface area contributed by atoms with Crippen LogP contribution in [-0.2, 0) is 23.4 Å². The number of hydrogen-bond donors (Lipinski definition) is 3. The second-order valence-electron chi connectivity index (χ2n) is 9.15. The van der Waals surface area contributed by atoms with Crippen LogP contribution in [0.3, 0.4) is 0 Å². The van der Waals surface area contributed by atoms with Gasteiger partial charge in [0.1, 0.15) is 41.3 Å². The molecule has 4 N–H and O–H groups in total. The van der Waals surface area contributed by atoms with E-state index in [4.69, 9.17) is 24.3 Å². The quantitative estimate of drug-likeness (QED) is 0.251. The van der Waals surface area contributed by atoms with Gasteiger partial charge in [0.2, 0.25) is 0 Å². The third-order valence-corrected chi connectivity index (χ3v) is 7.36. The molecule has 1 aliphatic rings. The Morgan fingerprint density at radius 3 is 2.66 bits per heavy atom. The van der Waals surface area contributed by atoms with Gasteiger partial charge in [0, 0.05) is 6.20 Å². The van der Waals surface area contributed by atoms with Crippen molar-refractivity contribution in [3.63, 3.8) is 0 Å². The number of fused-ring (bicyclic) bond motifs is 1. The topological polar surface area (TPSA) is 160 Å². The molecular weight excluding hydrogens is 520 g/mol. The molecule has 0 bridgehead atoms. The van der Waals surface area contributed by atoms with E-state index >= 15 is 4.39 Å². The van der Waals surface area contributed by atoms with E-state index in [0.717, 1.165) is 0 Å². The standard InChI is InChI=1S/C24H31FN5O7P/c1-13(2)35-24(32)14(3)29-38(33,37-16-8-6-5-7-9-16)34-12-18-20(31)19(25)23(36-18)30-11-10-17-21(26)27-15(4)28-22(17)30/h5-11,13-14,18-20,23,31H,12H2,1-4H3,(H,29,33)(H2,26,27,28)/t14-,18+,19+,20?,23+,38?/m0/s1. The maximum Gasteiger partial charge on any atom is 0.459 e. The minimum absolute atomic E-state index is 0.202. The smallest absolute Gasteiger partial charge is 0.459 e. The first kappa shape index (κ1) is 27.9. The molecule has 3 aromatic rings. The molecule has 1 fully saturated rings. The molecule has 4 rings (SSSR count). The predicted molar refractivity (Wildman–Crippen MR) is 136 cm³/mol. The number of alkyl halides is 1. The molecule has 6 atom stereocenters. The fourth-order valence-corrected chi connectivity index (χ4v) is 5.45. The third-order valence-electron chi connectivity index (χ3n) is 5.72. The van der Waals surface area contributed by atoms with Gasteiger partial charge in [-0.2, -0.15) is 5.09 Å². The van der Waals surface area contributed by atoms with Crippen molar-refractivity contribution in [2.45, 2.75) is 64.4 Å². The van der Waals surface area contributed by atoms with Gasteiger partial charge in [-0.15, -0.1) is 0 Å². The van der Waals surface area contributed by atoms with E-state index in [-0.39, 0.29) is 11.6 Å². The van der Waals surface area contributed by atoms with Crippen LogP contribution >= 0.6 is 7.75 Å². The normalized spacial score (nSPS) is 23.9. The van der Waals surface area contributed by atoms with Crippen molar-refractivity contribution < 1.29 is 37.4 Å². The molecule has 12 nitrogen and oxygen atoms in total.